The molecule has 2 N–H and O–H groups in total. The Morgan fingerprint density at radius 1 is 1.38 bits per heavy atom. The lowest BCUT2D eigenvalue weighted by atomic mass is 10.0. The highest BCUT2D eigenvalue weighted by molar-refractivity contribution is 6.30. The quantitative estimate of drug-likeness (QED) is 0.828. The standard InChI is InChI=1S/C16H19ClN2O5/c1-10(20)18-13(11-2-4-12(17)5-3-11)8-15(21)19-6-7-24-14(9-19)16(22)23/h2-5,13-14H,6-9H2,1H3,(H,18,20)(H,22,23). The topological polar surface area (TPSA) is 95.9 Å². The lowest BCUT2D eigenvalue weighted by Gasteiger charge is -2.32. The summed E-state index contributed by atoms with van der Waals surface area (Å²) in [6.45, 7) is 1.88. The molecule has 8 heteroatoms. The molecule has 1 fully saturated rings. The van der Waals surface area contributed by atoms with Gasteiger partial charge in [-0.2, -0.15) is 0 Å². The maximum absolute atomic E-state index is 12.5. The molecular weight excluding hydrogens is 336 g/mol. The van der Waals surface area contributed by atoms with Crippen LogP contribution in [0.3, 0.4) is 0 Å². The average Bonchev–Trinajstić information content (AvgIpc) is 2.54. The van der Waals surface area contributed by atoms with Crippen molar-refractivity contribution in [2.45, 2.75) is 25.5 Å². The predicted molar refractivity (Wildman–Crippen MR) is 86.6 cm³/mol. The zero-order chi connectivity index (χ0) is 17.7. The summed E-state index contributed by atoms with van der Waals surface area (Å²) in [5, 5.41) is 12.3. The van der Waals surface area contributed by atoms with Gasteiger partial charge in [-0.1, -0.05) is 23.7 Å². The van der Waals surface area contributed by atoms with Crippen molar-refractivity contribution in [2.75, 3.05) is 19.7 Å². The molecule has 24 heavy (non-hydrogen) atoms. The lowest BCUT2D eigenvalue weighted by Crippen LogP contribution is -2.49. The van der Waals surface area contributed by atoms with Gasteiger partial charge in [0.25, 0.3) is 0 Å². The summed E-state index contributed by atoms with van der Waals surface area (Å²) in [4.78, 5) is 36.4. The number of aliphatic carboxylic acids is 1. The van der Waals surface area contributed by atoms with Gasteiger partial charge in [0, 0.05) is 18.5 Å². The highest BCUT2D eigenvalue weighted by Gasteiger charge is 2.30. The number of benzene rings is 1. The molecule has 0 aromatic heterocycles. The van der Waals surface area contributed by atoms with E-state index in [9.17, 15) is 14.4 Å². The molecule has 1 heterocycles. The minimum absolute atomic E-state index is 0.00156. The van der Waals surface area contributed by atoms with Crippen LogP contribution in [0.2, 0.25) is 5.02 Å². The number of hydrogen-bond donors (Lipinski definition) is 2. The van der Waals surface area contributed by atoms with Gasteiger partial charge in [-0.25, -0.2) is 4.79 Å². The van der Waals surface area contributed by atoms with E-state index in [1.807, 2.05) is 0 Å². The van der Waals surface area contributed by atoms with Crippen molar-refractivity contribution >= 4 is 29.4 Å². The van der Waals surface area contributed by atoms with E-state index in [2.05, 4.69) is 5.32 Å². The van der Waals surface area contributed by atoms with Crippen molar-refractivity contribution in [2.24, 2.45) is 0 Å². The number of nitrogens with one attached hydrogen (secondary N) is 1. The number of halogens is 1. The monoisotopic (exact) mass is 354 g/mol. The zero-order valence-electron chi connectivity index (χ0n) is 13.2. The summed E-state index contributed by atoms with van der Waals surface area (Å²) in [6, 6.07) is 6.36. The number of carboxylic acids is 1. The largest absolute Gasteiger partial charge is 0.479 e. The smallest absolute Gasteiger partial charge is 0.334 e. The van der Waals surface area contributed by atoms with Gasteiger partial charge in [-0.05, 0) is 17.7 Å². The Kier molecular flexibility index (Phi) is 6.16. The second kappa shape index (κ2) is 8.12. The Bertz CT molecular complexity index is 619. The molecule has 2 atom stereocenters. The molecule has 2 unspecified atom stereocenters. The highest BCUT2D eigenvalue weighted by atomic mass is 35.5. The van der Waals surface area contributed by atoms with E-state index in [1.54, 1.807) is 24.3 Å². The van der Waals surface area contributed by atoms with Gasteiger partial charge in [0.15, 0.2) is 6.10 Å². The van der Waals surface area contributed by atoms with Crippen LogP contribution >= 0.6 is 11.6 Å². The molecule has 1 saturated heterocycles. The number of morpholine rings is 1. The first-order chi connectivity index (χ1) is 11.4. The maximum atomic E-state index is 12.5. The van der Waals surface area contributed by atoms with Crippen molar-refractivity contribution in [1.82, 2.24) is 10.2 Å². The summed E-state index contributed by atoms with van der Waals surface area (Å²) in [5.74, 6) is -1.59. The summed E-state index contributed by atoms with van der Waals surface area (Å²) in [5.41, 5.74) is 0.756. The van der Waals surface area contributed by atoms with Crippen LogP contribution in [0.15, 0.2) is 24.3 Å². The van der Waals surface area contributed by atoms with Crippen molar-refractivity contribution in [3.63, 3.8) is 0 Å². The number of carboxylic acid groups (broad SMARTS) is 1. The second-order valence-corrected chi connectivity index (χ2v) is 5.98. The van der Waals surface area contributed by atoms with Crippen LogP contribution in [0.1, 0.15) is 24.9 Å². The van der Waals surface area contributed by atoms with E-state index in [0.717, 1.165) is 5.56 Å². The molecule has 0 saturated carbocycles. The Balaban J connectivity index is 2.08. The Hall–Kier alpha value is -2.12. The van der Waals surface area contributed by atoms with Crippen molar-refractivity contribution in [3.05, 3.63) is 34.9 Å². The van der Waals surface area contributed by atoms with Gasteiger partial charge < -0.3 is 20.1 Å². The van der Waals surface area contributed by atoms with Crippen LogP contribution in [0, 0.1) is 0 Å². The third kappa shape index (κ3) is 4.94. The average molecular weight is 355 g/mol. The number of amides is 2. The van der Waals surface area contributed by atoms with Crippen molar-refractivity contribution in [3.8, 4) is 0 Å². The second-order valence-electron chi connectivity index (χ2n) is 5.55. The SMILES string of the molecule is CC(=O)NC(CC(=O)N1CCOC(C(=O)O)C1)c1ccc(Cl)cc1. The van der Waals surface area contributed by atoms with Gasteiger partial charge in [-0.3, -0.25) is 9.59 Å². The fraction of sp³-hybridized carbons (Fsp3) is 0.438. The normalized spacial score (nSPS) is 18.8. The van der Waals surface area contributed by atoms with E-state index in [-0.39, 0.29) is 31.4 Å². The molecule has 0 aliphatic carbocycles. The fourth-order valence-corrected chi connectivity index (χ4v) is 2.65. The van der Waals surface area contributed by atoms with Gasteiger partial charge in [0.1, 0.15) is 0 Å². The van der Waals surface area contributed by atoms with Gasteiger partial charge in [-0.15, -0.1) is 0 Å². The van der Waals surface area contributed by atoms with Crippen LogP contribution < -0.4 is 5.32 Å². The number of hydrogen-bond acceptors (Lipinski definition) is 4. The fourth-order valence-electron chi connectivity index (χ4n) is 2.52. The van der Waals surface area contributed by atoms with E-state index in [4.69, 9.17) is 21.4 Å². The molecule has 1 aliphatic heterocycles. The van der Waals surface area contributed by atoms with Gasteiger partial charge in [0.05, 0.1) is 25.6 Å². The molecule has 1 aromatic rings. The summed E-state index contributed by atoms with van der Waals surface area (Å²) in [6.07, 6.45) is -0.981. The molecule has 130 valence electrons. The first kappa shape index (κ1) is 18.2. The predicted octanol–water partition coefficient (Wildman–Crippen LogP) is 1.22. The molecule has 2 rings (SSSR count). The highest BCUT2D eigenvalue weighted by Crippen LogP contribution is 2.21. The lowest BCUT2D eigenvalue weighted by molar-refractivity contribution is -0.159. The molecule has 2 amide bonds. The van der Waals surface area contributed by atoms with Crippen LogP contribution in [-0.4, -0.2) is 53.6 Å². The maximum Gasteiger partial charge on any atom is 0.334 e. The first-order valence-corrected chi connectivity index (χ1v) is 7.89. The minimum Gasteiger partial charge on any atom is -0.479 e. The molecule has 0 radical (unpaired) electrons. The van der Waals surface area contributed by atoms with Gasteiger partial charge >= 0.3 is 5.97 Å². The Morgan fingerprint density at radius 2 is 2.04 bits per heavy atom. The summed E-state index contributed by atoms with van der Waals surface area (Å²) < 4.78 is 5.11. The number of rotatable bonds is 5. The molecular formula is C16H19ClN2O5. The number of carbonyl (C=O) groups excluding carboxylic acids is 2. The van der Waals surface area contributed by atoms with E-state index >= 15 is 0 Å². The van der Waals surface area contributed by atoms with Crippen molar-refractivity contribution in [1.29, 1.82) is 0 Å². The molecule has 0 bridgehead atoms. The Labute approximate surface area is 144 Å². The van der Waals surface area contributed by atoms with E-state index in [0.29, 0.717) is 11.6 Å². The Morgan fingerprint density at radius 3 is 2.62 bits per heavy atom. The third-order valence-electron chi connectivity index (χ3n) is 3.72. The summed E-state index contributed by atoms with van der Waals surface area (Å²) in [7, 11) is 0. The number of carbonyl (C=O) groups is 3. The van der Waals surface area contributed by atoms with Gasteiger partial charge in [0.2, 0.25) is 11.8 Å². The van der Waals surface area contributed by atoms with E-state index in [1.165, 1.54) is 11.8 Å². The molecule has 1 aliphatic rings. The molecule has 1 aromatic carbocycles. The number of nitrogens with zero attached hydrogens (tertiary/aromatic N) is 1. The minimum atomic E-state index is -1.09. The third-order valence-corrected chi connectivity index (χ3v) is 3.98. The van der Waals surface area contributed by atoms with Crippen LogP contribution in [0.25, 0.3) is 0 Å². The number of ether oxygens (including phenoxy) is 1. The van der Waals surface area contributed by atoms with Crippen LogP contribution in [0.4, 0.5) is 0 Å². The van der Waals surface area contributed by atoms with Crippen molar-refractivity contribution < 1.29 is 24.2 Å². The van der Waals surface area contributed by atoms with E-state index < -0.39 is 18.1 Å². The first-order valence-electron chi connectivity index (χ1n) is 7.51. The van der Waals surface area contributed by atoms with Crippen LogP contribution in [0.5, 0.6) is 0 Å². The molecule has 0 spiro atoms. The zero-order valence-corrected chi connectivity index (χ0v) is 14.0. The molecule has 7 nitrogen and oxygen atoms in total. The summed E-state index contributed by atoms with van der Waals surface area (Å²) >= 11 is 5.86. The van der Waals surface area contributed by atoms with Crippen LogP contribution in [-0.2, 0) is 19.1 Å².